The molecule has 1 aliphatic heterocycles. The summed E-state index contributed by atoms with van der Waals surface area (Å²) in [6.07, 6.45) is -4.47. The zero-order valence-electron chi connectivity index (χ0n) is 25.0. The molecule has 45 heavy (non-hydrogen) atoms. The van der Waals surface area contributed by atoms with Crippen LogP contribution in [0.25, 0.3) is 0 Å². The van der Waals surface area contributed by atoms with Crippen molar-refractivity contribution in [3.63, 3.8) is 0 Å². The van der Waals surface area contributed by atoms with Crippen molar-refractivity contribution in [2.24, 2.45) is 5.73 Å². The molecular formula is C32H35F3N4O6. The van der Waals surface area contributed by atoms with Gasteiger partial charge in [0.05, 0.1) is 12.6 Å². The monoisotopic (exact) mass is 628 g/mol. The van der Waals surface area contributed by atoms with Gasteiger partial charge < -0.3 is 31.1 Å². The second kappa shape index (κ2) is 14.7. The summed E-state index contributed by atoms with van der Waals surface area (Å²) in [5.41, 5.74) is 11.7. The van der Waals surface area contributed by atoms with E-state index in [2.05, 4.69) is 5.32 Å². The van der Waals surface area contributed by atoms with Gasteiger partial charge in [0, 0.05) is 25.7 Å². The third-order valence-electron chi connectivity index (χ3n) is 7.43. The number of para-hydroxylation sites is 1. The van der Waals surface area contributed by atoms with E-state index in [1.807, 2.05) is 68.4 Å². The van der Waals surface area contributed by atoms with Gasteiger partial charge >= 0.3 is 12.1 Å². The fourth-order valence-corrected chi connectivity index (χ4v) is 5.00. The molecule has 0 fully saturated rings. The maximum atomic E-state index is 13.6. The number of phenolic OH excluding ortho intramolecular Hbond substituents is 1. The number of carbonyl (C=O) groups is 4. The molecule has 4 rings (SSSR count). The SMILES string of the molecule is Cc1cc(O)cc(C)c1C[C@H](N)C(=O)N1Cc2ccccc2C[C@H]1C(=O)NCC(=O)N(C)c1ccccc1.O=C(O)C(F)(F)F. The lowest BCUT2D eigenvalue weighted by Crippen LogP contribution is -2.57. The first-order valence-corrected chi connectivity index (χ1v) is 13.9. The molecule has 5 N–H and O–H groups in total. The Kier molecular flexibility index (Phi) is 11.3. The molecule has 0 aromatic heterocycles. The summed E-state index contributed by atoms with van der Waals surface area (Å²) in [7, 11) is 1.66. The molecule has 1 aliphatic rings. The van der Waals surface area contributed by atoms with Crippen LogP contribution in [0.4, 0.5) is 18.9 Å². The van der Waals surface area contributed by atoms with Gasteiger partial charge in [-0.3, -0.25) is 14.4 Å². The summed E-state index contributed by atoms with van der Waals surface area (Å²) in [5.74, 6) is -3.59. The molecule has 0 saturated carbocycles. The molecule has 0 saturated heterocycles. The molecule has 0 radical (unpaired) electrons. The van der Waals surface area contributed by atoms with Crippen LogP contribution in [0.1, 0.15) is 27.8 Å². The van der Waals surface area contributed by atoms with Crippen LogP contribution >= 0.6 is 0 Å². The van der Waals surface area contributed by atoms with Gasteiger partial charge in [-0.05, 0) is 72.4 Å². The highest BCUT2D eigenvalue weighted by atomic mass is 19.4. The Bertz CT molecular complexity index is 1520. The van der Waals surface area contributed by atoms with Gasteiger partial charge in [-0.1, -0.05) is 42.5 Å². The minimum Gasteiger partial charge on any atom is -0.508 e. The largest absolute Gasteiger partial charge is 0.508 e. The molecule has 0 aliphatic carbocycles. The number of hydrogen-bond donors (Lipinski definition) is 4. The predicted octanol–water partition coefficient (Wildman–Crippen LogP) is 3.24. The normalized spacial score (nSPS) is 14.7. The second-order valence-corrected chi connectivity index (χ2v) is 10.6. The van der Waals surface area contributed by atoms with E-state index in [9.17, 15) is 32.7 Å². The van der Waals surface area contributed by atoms with E-state index in [1.165, 1.54) is 9.80 Å². The lowest BCUT2D eigenvalue weighted by molar-refractivity contribution is -0.192. The average Bonchev–Trinajstić information content (AvgIpc) is 3.00. The van der Waals surface area contributed by atoms with Crippen LogP contribution in [0.2, 0.25) is 0 Å². The van der Waals surface area contributed by atoms with E-state index in [4.69, 9.17) is 15.6 Å². The maximum Gasteiger partial charge on any atom is 0.490 e. The van der Waals surface area contributed by atoms with E-state index < -0.39 is 30.1 Å². The molecule has 3 aromatic carbocycles. The van der Waals surface area contributed by atoms with Crippen LogP contribution in [0, 0.1) is 13.8 Å². The first-order valence-electron chi connectivity index (χ1n) is 13.9. The molecule has 2 atom stereocenters. The number of amides is 3. The molecule has 13 heteroatoms. The summed E-state index contributed by atoms with van der Waals surface area (Å²) in [6, 6.07) is 18.5. The van der Waals surface area contributed by atoms with Crippen molar-refractivity contribution in [2.75, 3.05) is 18.5 Å². The van der Waals surface area contributed by atoms with Gasteiger partial charge in [0.25, 0.3) is 0 Å². The lowest BCUT2D eigenvalue weighted by atomic mass is 9.91. The Morgan fingerprint density at radius 2 is 1.53 bits per heavy atom. The number of halogens is 3. The third kappa shape index (κ3) is 9.05. The van der Waals surface area contributed by atoms with E-state index in [0.29, 0.717) is 6.42 Å². The average molecular weight is 629 g/mol. The number of carbonyl (C=O) groups excluding carboxylic acids is 3. The van der Waals surface area contributed by atoms with Crippen molar-refractivity contribution in [1.82, 2.24) is 10.2 Å². The van der Waals surface area contributed by atoms with Crippen molar-refractivity contribution < 1.29 is 42.6 Å². The molecule has 3 amide bonds. The standard InChI is InChI=1S/C30H34N4O4.C2HF3O2/c1-19-13-24(35)14-20(2)25(19)16-26(31)30(38)34-18-22-10-8-7-9-21(22)15-27(34)29(37)32-17-28(36)33(3)23-11-5-4-6-12-23;3-2(4,5)1(6)7/h4-14,26-27,35H,15-18,31H2,1-3H3,(H,32,37);(H,6,7)/t26-,27-;/m0./s1. The van der Waals surface area contributed by atoms with Crippen LogP contribution in [0.5, 0.6) is 5.75 Å². The van der Waals surface area contributed by atoms with Crippen LogP contribution < -0.4 is 16.0 Å². The van der Waals surface area contributed by atoms with Crippen molar-refractivity contribution in [1.29, 1.82) is 0 Å². The van der Waals surface area contributed by atoms with Gasteiger partial charge in [-0.25, -0.2) is 4.79 Å². The Morgan fingerprint density at radius 1 is 1.00 bits per heavy atom. The number of nitrogens with zero attached hydrogens (tertiary/aromatic N) is 2. The van der Waals surface area contributed by atoms with E-state index in [0.717, 1.165) is 33.5 Å². The van der Waals surface area contributed by atoms with Gasteiger partial charge in [0.1, 0.15) is 11.8 Å². The predicted molar refractivity (Wildman–Crippen MR) is 160 cm³/mol. The fourth-order valence-electron chi connectivity index (χ4n) is 5.00. The number of likely N-dealkylation sites (N-methyl/N-ethyl adjacent to an activating group) is 1. The van der Waals surface area contributed by atoms with Crippen LogP contribution in [-0.2, 0) is 38.6 Å². The minimum atomic E-state index is -5.08. The number of hydrogen-bond acceptors (Lipinski definition) is 6. The van der Waals surface area contributed by atoms with Crippen molar-refractivity contribution >= 4 is 29.4 Å². The highest BCUT2D eigenvalue weighted by Gasteiger charge is 2.38. The van der Waals surface area contributed by atoms with Crippen molar-refractivity contribution in [3.8, 4) is 5.75 Å². The highest BCUT2D eigenvalue weighted by molar-refractivity contribution is 5.97. The Morgan fingerprint density at radius 3 is 2.09 bits per heavy atom. The summed E-state index contributed by atoms with van der Waals surface area (Å²) >= 11 is 0. The Hall–Kier alpha value is -4.91. The number of aromatic hydroxyl groups is 1. The number of alkyl halides is 3. The number of carboxylic acids is 1. The van der Waals surface area contributed by atoms with Gasteiger partial charge in [-0.15, -0.1) is 0 Å². The number of fused-ring (bicyclic) bond motifs is 1. The van der Waals surface area contributed by atoms with Crippen LogP contribution in [0.15, 0.2) is 66.7 Å². The van der Waals surface area contributed by atoms with Crippen molar-refractivity contribution in [3.05, 3.63) is 94.5 Å². The number of carboxylic acid groups (broad SMARTS) is 1. The van der Waals surface area contributed by atoms with E-state index in [-0.39, 0.29) is 37.1 Å². The van der Waals surface area contributed by atoms with Crippen LogP contribution in [0.3, 0.4) is 0 Å². The topological polar surface area (TPSA) is 153 Å². The zero-order valence-corrected chi connectivity index (χ0v) is 25.0. The fraction of sp³-hybridized carbons (Fsp3) is 0.312. The molecule has 10 nitrogen and oxygen atoms in total. The summed E-state index contributed by atoms with van der Waals surface area (Å²) in [6.45, 7) is 3.81. The number of aryl methyl sites for hydroxylation is 2. The molecule has 0 spiro atoms. The smallest absolute Gasteiger partial charge is 0.490 e. The number of rotatable bonds is 7. The molecule has 1 heterocycles. The van der Waals surface area contributed by atoms with E-state index in [1.54, 1.807) is 19.2 Å². The van der Waals surface area contributed by atoms with E-state index >= 15 is 0 Å². The molecule has 0 unspecified atom stereocenters. The summed E-state index contributed by atoms with van der Waals surface area (Å²) in [5, 5.41) is 19.7. The van der Waals surface area contributed by atoms with Crippen molar-refractivity contribution in [2.45, 2.75) is 51.5 Å². The molecule has 240 valence electrons. The van der Waals surface area contributed by atoms with Gasteiger partial charge in [-0.2, -0.15) is 13.2 Å². The van der Waals surface area contributed by atoms with Gasteiger partial charge in [0.15, 0.2) is 0 Å². The quantitative estimate of drug-likeness (QED) is 0.313. The first-order chi connectivity index (χ1) is 21.1. The lowest BCUT2D eigenvalue weighted by Gasteiger charge is -2.37. The Labute approximate surface area is 258 Å². The molecule has 3 aromatic rings. The molecule has 0 bridgehead atoms. The Balaban J connectivity index is 0.000000707. The van der Waals surface area contributed by atoms with Gasteiger partial charge in [0.2, 0.25) is 17.7 Å². The summed E-state index contributed by atoms with van der Waals surface area (Å²) < 4.78 is 31.7. The molecular weight excluding hydrogens is 593 g/mol. The number of anilines is 1. The zero-order chi connectivity index (χ0) is 33.5. The number of nitrogens with two attached hydrogens (primary N) is 1. The first kappa shape index (κ1) is 34.6. The maximum absolute atomic E-state index is 13.6. The number of phenols is 1. The second-order valence-electron chi connectivity index (χ2n) is 10.6. The number of nitrogens with one attached hydrogen (secondary N) is 1. The van der Waals surface area contributed by atoms with Crippen LogP contribution in [-0.4, -0.2) is 70.7 Å². The number of aliphatic carboxylic acids is 1. The highest BCUT2D eigenvalue weighted by Crippen LogP contribution is 2.26. The minimum absolute atomic E-state index is 0.167. The third-order valence-corrected chi connectivity index (χ3v) is 7.43. The number of benzene rings is 3. The summed E-state index contributed by atoms with van der Waals surface area (Å²) in [4.78, 5) is 51.7.